The van der Waals surface area contributed by atoms with E-state index in [1.807, 2.05) is 6.92 Å². The number of anilines is 1. The Morgan fingerprint density at radius 1 is 1.24 bits per heavy atom. The molecule has 17 heavy (non-hydrogen) atoms. The predicted molar refractivity (Wildman–Crippen MR) is 67.8 cm³/mol. The zero-order chi connectivity index (χ0) is 11.8. The summed E-state index contributed by atoms with van der Waals surface area (Å²) < 4.78 is 6.49. The van der Waals surface area contributed by atoms with Crippen LogP contribution in [0, 0.1) is 6.92 Å². The van der Waals surface area contributed by atoms with Crippen molar-refractivity contribution in [3.05, 3.63) is 11.5 Å². The summed E-state index contributed by atoms with van der Waals surface area (Å²) in [4.78, 5) is 0. The molecule has 0 atom stereocenters. The van der Waals surface area contributed by atoms with Crippen molar-refractivity contribution >= 4 is 16.5 Å². The van der Waals surface area contributed by atoms with E-state index in [0.29, 0.717) is 0 Å². The maximum absolute atomic E-state index is 5.98. The minimum Gasteiger partial charge on any atom is -0.389 e. The number of fused-ring (bicyclic) bond motifs is 1. The van der Waals surface area contributed by atoms with Crippen molar-refractivity contribution in [3.63, 3.8) is 0 Å². The van der Waals surface area contributed by atoms with E-state index in [0.717, 1.165) is 40.9 Å². The van der Waals surface area contributed by atoms with Crippen LogP contribution < -0.4 is 5.73 Å². The van der Waals surface area contributed by atoms with Gasteiger partial charge in [-0.2, -0.15) is 4.37 Å². The largest absolute Gasteiger partial charge is 0.389 e. The fourth-order valence-corrected chi connectivity index (χ4v) is 2.99. The molecule has 0 spiro atoms. The van der Waals surface area contributed by atoms with Crippen molar-refractivity contribution in [1.29, 1.82) is 0 Å². The number of hydrogen-bond donors (Lipinski definition) is 1. The zero-order valence-electron chi connectivity index (χ0n) is 9.81. The smallest absolute Gasteiger partial charge is 0.168 e. The second-order valence-corrected chi connectivity index (χ2v) is 5.21. The third-order valence-corrected chi connectivity index (χ3v) is 3.99. The van der Waals surface area contributed by atoms with Gasteiger partial charge < -0.3 is 10.3 Å². The van der Waals surface area contributed by atoms with E-state index < -0.39 is 0 Å². The molecule has 0 aromatic carbocycles. The van der Waals surface area contributed by atoms with Crippen molar-refractivity contribution in [3.8, 4) is 11.4 Å². The molecular weight excluding hydrogens is 234 g/mol. The molecule has 2 N–H and O–H groups in total. The Bertz CT molecular complexity index is 523. The molecule has 1 aliphatic rings. The van der Waals surface area contributed by atoms with Crippen molar-refractivity contribution in [1.82, 2.24) is 19.1 Å². The summed E-state index contributed by atoms with van der Waals surface area (Å²) in [5.74, 6) is 1.98. The Hall–Kier alpha value is -1.43. The van der Waals surface area contributed by atoms with Gasteiger partial charge in [0.1, 0.15) is 10.8 Å². The fourth-order valence-electron chi connectivity index (χ4n) is 2.33. The first-order chi connectivity index (χ1) is 8.27. The summed E-state index contributed by atoms with van der Waals surface area (Å²) in [5.41, 5.74) is 7.90. The summed E-state index contributed by atoms with van der Waals surface area (Å²) in [7, 11) is 0. The van der Waals surface area contributed by atoms with Gasteiger partial charge in [-0.05, 0) is 31.3 Å². The van der Waals surface area contributed by atoms with Crippen LogP contribution in [-0.2, 0) is 13.0 Å². The number of rotatable bonds is 1. The van der Waals surface area contributed by atoms with Crippen molar-refractivity contribution in [2.45, 2.75) is 39.2 Å². The van der Waals surface area contributed by atoms with E-state index in [4.69, 9.17) is 5.73 Å². The van der Waals surface area contributed by atoms with Crippen LogP contribution in [-0.4, -0.2) is 19.1 Å². The van der Waals surface area contributed by atoms with Crippen molar-refractivity contribution < 1.29 is 0 Å². The van der Waals surface area contributed by atoms with Gasteiger partial charge in [-0.3, -0.25) is 0 Å². The monoisotopic (exact) mass is 249 g/mol. The van der Waals surface area contributed by atoms with Crippen LogP contribution in [0.1, 0.15) is 30.8 Å². The molecule has 0 saturated carbocycles. The third-order valence-electron chi connectivity index (χ3n) is 3.22. The molecule has 1 aliphatic heterocycles. The Labute approximate surface area is 104 Å². The first-order valence-corrected chi connectivity index (χ1v) is 6.69. The molecule has 0 amide bonds. The SMILES string of the molecule is Cc1nsc(N)c1-c1nnc2n1CCCCC2. The number of hydrogen-bond acceptors (Lipinski definition) is 5. The number of nitrogen functional groups attached to an aromatic ring is 1. The quantitative estimate of drug-likeness (QED) is 0.839. The maximum atomic E-state index is 5.98. The van der Waals surface area contributed by atoms with Crippen LogP contribution in [0.15, 0.2) is 0 Å². The third kappa shape index (κ3) is 1.72. The van der Waals surface area contributed by atoms with Gasteiger partial charge in [-0.1, -0.05) is 6.42 Å². The van der Waals surface area contributed by atoms with E-state index in [-0.39, 0.29) is 0 Å². The highest BCUT2D eigenvalue weighted by atomic mass is 32.1. The van der Waals surface area contributed by atoms with E-state index in [2.05, 4.69) is 19.1 Å². The van der Waals surface area contributed by atoms with Gasteiger partial charge in [0.25, 0.3) is 0 Å². The fraction of sp³-hybridized carbons (Fsp3) is 0.545. The highest BCUT2D eigenvalue weighted by Gasteiger charge is 2.20. The Morgan fingerprint density at radius 2 is 2.12 bits per heavy atom. The van der Waals surface area contributed by atoms with Crippen LogP contribution in [0.5, 0.6) is 0 Å². The van der Waals surface area contributed by atoms with Crippen molar-refractivity contribution in [2.75, 3.05) is 5.73 Å². The second kappa shape index (κ2) is 4.10. The van der Waals surface area contributed by atoms with Crippen LogP contribution in [0.25, 0.3) is 11.4 Å². The Balaban J connectivity index is 2.13. The topological polar surface area (TPSA) is 69.6 Å². The molecule has 5 nitrogen and oxygen atoms in total. The van der Waals surface area contributed by atoms with E-state index in [1.54, 1.807) is 0 Å². The number of nitrogens with two attached hydrogens (primary N) is 1. The van der Waals surface area contributed by atoms with Crippen LogP contribution >= 0.6 is 11.5 Å². The molecule has 0 unspecified atom stereocenters. The average Bonchev–Trinajstić information content (AvgIpc) is 2.74. The zero-order valence-corrected chi connectivity index (χ0v) is 10.6. The molecule has 6 heteroatoms. The molecule has 0 fully saturated rings. The lowest BCUT2D eigenvalue weighted by atomic mass is 10.2. The summed E-state index contributed by atoms with van der Waals surface area (Å²) in [6.07, 6.45) is 4.67. The Morgan fingerprint density at radius 3 is 2.88 bits per heavy atom. The number of aromatic nitrogens is 4. The first kappa shape index (κ1) is 10.7. The molecule has 3 rings (SSSR count). The van der Waals surface area contributed by atoms with Gasteiger partial charge in [0, 0.05) is 13.0 Å². The van der Waals surface area contributed by atoms with Gasteiger partial charge in [0.15, 0.2) is 5.82 Å². The van der Waals surface area contributed by atoms with Gasteiger partial charge in [0.2, 0.25) is 0 Å². The van der Waals surface area contributed by atoms with Crippen molar-refractivity contribution in [2.24, 2.45) is 0 Å². The minimum absolute atomic E-state index is 0.738. The van der Waals surface area contributed by atoms with Gasteiger partial charge in [-0.15, -0.1) is 10.2 Å². The van der Waals surface area contributed by atoms with E-state index in [9.17, 15) is 0 Å². The lowest BCUT2D eigenvalue weighted by Crippen LogP contribution is -2.04. The predicted octanol–water partition coefficient (Wildman–Crippen LogP) is 2.02. The molecule has 0 aliphatic carbocycles. The summed E-state index contributed by atoms with van der Waals surface area (Å²) in [6, 6.07) is 0. The summed E-state index contributed by atoms with van der Waals surface area (Å²) in [5, 5.41) is 9.33. The minimum atomic E-state index is 0.738. The summed E-state index contributed by atoms with van der Waals surface area (Å²) in [6.45, 7) is 2.97. The standard InChI is InChI=1S/C11H15N5S/c1-7-9(10(12)17-15-7)11-14-13-8-5-3-2-4-6-16(8)11/h2-6,12H2,1H3. The number of nitrogens with zero attached hydrogens (tertiary/aromatic N) is 4. The average molecular weight is 249 g/mol. The molecule has 0 saturated heterocycles. The molecule has 0 bridgehead atoms. The van der Waals surface area contributed by atoms with Gasteiger partial charge in [0.05, 0.1) is 11.3 Å². The first-order valence-electron chi connectivity index (χ1n) is 5.91. The molecular formula is C11H15N5S. The molecule has 3 heterocycles. The molecule has 2 aromatic rings. The lowest BCUT2D eigenvalue weighted by Gasteiger charge is -2.06. The van der Waals surface area contributed by atoms with Gasteiger partial charge in [-0.25, -0.2) is 0 Å². The molecule has 2 aromatic heterocycles. The van der Waals surface area contributed by atoms with Crippen LogP contribution in [0.3, 0.4) is 0 Å². The number of aryl methyl sites for hydroxylation is 2. The Kier molecular flexibility index (Phi) is 2.58. The maximum Gasteiger partial charge on any atom is 0.168 e. The van der Waals surface area contributed by atoms with E-state index in [1.165, 1.54) is 30.8 Å². The van der Waals surface area contributed by atoms with Crippen LogP contribution in [0.4, 0.5) is 5.00 Å². The lowest BCUT2D eigenvalue weighted by molar-refractivity contribution is 0.636. The molecule has 90 valence electrons. The highest BCUT2D eigenvalue weighted by molar-refractivity contribution is 7.10. The molecule has 0 radical (unpaired) electrons. The van der Waals surface area contributed by atoms with Gasteiger partial charge >= 0.3 is 0 Å². The second-order valence-electron chi connectivity index (χ2n) is 4.41. The van der Waals surface area contributed by atoms with E-state index >= 15 is 0 Å². The summed E-state index contributed by atoms with van der Waals surface area (Å²) >= 11 is 1.33. The normalized spacial score (nSPS) is 15.6. The highest BCUT2D eigenvalue weighted by Crippen LogP contribution is 2.32. The van der Waals surface area contributed by atoms with Crippen LogP contribution in [0.2, 0.25) is 0 Å².